The Morgan fingerprint density at radius 1 is 1.23 bits per heavy atom. The van der Waals surface area contributed by atoms with Gasteiger partial charge in [-0.15, -0.1) is 0 Å². The number of anilines is 1. The molecule has 188 valence electrons. The molecule has 0 atom stereocenters. The average molecular weight is 477 g/mol. The molecule has 0 spiro atoms. The number of aliphatic hydroxyl groups is 1. The van der Waals surface area contributed by atoms with Crippen LogP contribution in [-0.4, -0.2) is 30.2 Å². The minimum Gasteiger partial charge on any atom is -0.398 e. The molecule has 2 aliphatic carbocycles. The highest BCUT2D eigenvalue weighted by atomic mass is 16.7. The van der Waals surface area contributed by atoms with Crippen molar-refractivity contribution in [3.63, 3.8) is 0 Å². The Balaban J connectivity index is 1.92. The Kier molecular flexibility index (Phi) is 9.13. The smallest absolute Gasteiger partial charge is 0.130 e. The number of amidine groups is 1. The first-order chi connectivity index (χ1) is 16.7. The molecule has 1 aromatic rings. The van der Waals surface area contributed by atoms with Gasteiger partial charge < -0.3 is 16.2 Å². The average Bonchev–Trinajstić information content (AvgIpc) is 3.64. The van der Waals surface area contributed by atoms with Gasteiger partial charge in [-0.2, -0.15) is 0 Å². The summed E-state index contributed by atoms with van der Waals surface area (Å²) in [6.45, 7) is 9.64. The van der Waals surface area contributed by atoms with Crippen LogP contribution in [0, 0.1) is 5.92 Å². The Morgan fingerprint density at radius 3 is 2.43 bits per heavy atom. The molecular formula is C29H40N4O2. The molecule has 6 heteroatoms. The summed E-state index contributed by atoms with van der Waals surface area (Å²) in [6.07, 6.45) is 11.9. The zero-order valence-electron chi connectivity index (χ0n) is 21.5. The van der Waals surface area contributed by atoms with Gasteiger partial charge in [0.15, 0.2) is 0 Å². The monoisotopic (exact) mass is 476 g/mol. The van der Waals surface area contributed by atoms with E-state index in [-0.39, 0.29) is 6.61 Å². The molecule has 0 radical (unpaired) electrons. The number of allylic oxidation sites excluding steroid dienone is 4. The molecule has 0 unspecified atom stereocenters. The second kappa shape index (κ2) is 12.0. The second-order valence-corrected chi connectivity index (χ2v) is 9.90. The quantitative estimate of drug-likeness (QED) is 0.146. The highest BCUT2D eigenvalue weighted by Crippen LogP contribution is 2.37. The van der Waals surface area contributed by atoms with Crippen molar-refractivity contribution in [3.8, 4) is 0 Å². The molecule has 0 amide bonds. The fourth-order valence-electron chi connectivity index (χ4n) is 3.73. The van der Waals surface area contributed by atoms with E-state index in [1.165, 1.54) is 24.8 Å². The summed E-state index contributed by atoms with van der Waals surface area (Å²) < 4.78 is 0. The lowest BCUT2D eigenvalue weighted by Gasteiger charge is -2.24. The van der Waals surface area contributed by atoms with Crippen LogP contribution in [-0.2, 0) is 4.84 Å². The van der Waals surface area contributed by atoms with Gasteiger partial charge >= 0.3 is 0 Å². The van der Waals surface area contributed by atoms with E-state index in [9.17, 15) is 5.11 Å². The number of nitrogens with one attached hydrogen (secondary N) is 2. The van der Waals surface area contributed by atoms with E-state index in [0.717, 1.165) is 40.9 Å². The molecule has 0 aromatic heterocycles. The zero-order valence-corrected chi connectivity index (χ0v) is 21.5. The van der Waals surface area contributed by atoms with Crippen molar-refractivity contribution in [2.24, 2.45) is 16.6 Å². The molecule has 5 N–H and O–H groups in total. The minimum absolute atomic E-state index is 0.182. The predicted octanol–water partition coefficient (Wildman–Crippen LogP) is 5.54. The molecule has 35 heavy (non-hydrogen) atoms. The molecule has 6 nitrogen and oxygen atoms in total. The number of hydrogen-bond donors (Lipinski definition) is 4. The maximum absolute atomic E-state index is 10.1. The van der Waals surface area contributed by atoms with Gasteiger partial charge in [0.05, 0.1) is 11.3 Å². The maximum Gasteiger partial charge on any atom is 0.130 e. The van der Waals surface area contributed by atoms with Crippen LogP contribution in [0.25, 0.3) is 0 Å². The second-order valence-electron chi connectivity index (χ2n) is 9.90. The highest BCUT2D eigenvalue weighted by Gasteiger charge is 2.24. The normalized spacial score (nSPS) is 18.0. The molecule has 2 fully saturated rings. The van der Waals surface area contributed by atoms with E-state index in [1.807, 2.05) is 37.3 Å². The predicted molar refractivity (Wildman–Crippen MR) is 146 cm³/mol. The number of nitrogens with zero attached hydrogens (tertiary/aromatic N) is 1. The maximum atomic E-state index is 10.1. The first kappa shape index (κ1) is 26.5. The lowest BCUT2D eigenvalue weighted by Crippen LogP contribution is -2.30. The first-order valence-corrected chi connectivity index (χ1v) is 12.4. The topological polar surface area (TPSA) is 91.9 Å². The van der Waals surface area contributed by atoms with Gasteiger partial charge in [-0.05, 0) is 87.3 Å². The number of para-hydroxylation sites is 1. The summed E-state index contributed by atoms with van der Waals surface area (Å²) in [5.74, 6) is 1.25. The third-order valence-electron chi connectivity index (χ3n) is 6.17. The third kappa shape index (κ3) is 7.98. The summed E-state index contributed by atoms with van der Waals surface area (Å²) in [7, 11) is 1.75. The Labute approximate surface area is 210 Å². The number of aliphatic imine (C=N–C) groups is 1. The van der Waals surface area contributed by atoms with Crippen molar-refractivity contribution >= 4 is 11.5 Å². The van der Waals surface area contributed by atoms with Crippen LogP contribution in [0.5, 0.6) is 0 Å². The number of benzene rings is 1. The van der Waals surface area contributed by atoms with Gasteiger partial charge in [0.25, 0.3) is 0 Å². The van der Waals surface area contributed by atoms with Gasteiger partial charge in [0.1, 0.15) is 12.4 Å². The molecule has 2 saturated carbocycles. The number of hydrogen-bond acceptors (Lipinski definition) is 5. The van der Waals surface area contributed by atoms with E-state index in [0.29, 0.717) is 17.5 Å². The largest absolute Gasteiger partial charge is 0.398 e. The van der Waals surface area contributed by atoms with Crippen molar-refractivity contribution in [3.05, 3.63) is 88.8 Å². The number of hydroxylamine groups is 1. The zero-order chi connectivity index (χ0) is 25.4. The summed E-state index contributed by atoms with van der Waals surface area (Å²) in [5, 5.41) is 13.4. The van der Waals surface area contributed by atoms with E-state index >= 15 is 0 Å². The SMILES string of the molecule is C=C/C(=C\C(=C\C1CCC1)C(NOCC(C)(C)O)=C1CC1)C(N)=C(C)C(=NC)Nc1ccccc1. The number of nitrogens with two attached hydrogens (primary N) is 1. The van der Waals surface area contributed by atoms with Gasteiger partial charge in [-0.1, -0.05) is 43.4 Å². The van der Waals surface area contributed by atoms with E-state index in [4.69, 9.17) is 10.6 Å². The molecule has 2 aliphatic rings. The van der Waals surface area contributed by atoms with Crippen molar-refractivity contribution in [2.75, 3.05) is 19.0 Å². The summed E-state index contributed by atoms with van der Waals surface area (Å²) in [5.41, 5.74) is 15.4. The fourth-order valence-corrected chi connectivity index (χ4v) is 3.73. The molecule has 1 aromatic carbocycles. The van der Waals surface area contributed by atoms with Crippen LogP contribution < -0.4 is 16.5 Å². The fraction of sp³-hybridized carbons (Fsp3) is 0.414. The standard InChI is InChI=1S/C29H40N4O2/c1-6-22(26(30)20(2)28(31-5)32-25-13-8-7-9-14-25)18-24(17-21-11-10-12-21)27(23-15-16-23)33-35-19-29(3,4)34/h6-9,13-14,17-18,21,33-34H,1,10-12,15-16,19,30H2,2-5H3,(H,31,32)/b22-18+,24-17-,26-20?. The van der Waals surface area contributed by atoms with Crippen LogP contribution >= 0.6 is 0 Å². The number of rotatable bonds is 11. The van der Waals surface area contributed by atoms with Crippen molar-refractivity contribution in [1.82, 2.24) is 5.48 Å². The molecular weight excluding hydrogens is 436 g/mol. The Morgan fingerprint density at radius 2 is 1.91 bits per heavy atom. The summed E-state index contributed by atoms with van der Waals surface area (Å²) >= 11 is 0. The van der Waals surface area contributed by atoms with E-state index < -0.39 is 5.60 Å². The molecule has 0 heterocycles. The van der Waals surface area contributed by atoms with E-state index in [2.05, 4.69) is 34.5 Å². The van der Waals surface area contributed by atoms with Crippen LogP contribution in [0.1, 0.15) is 52.9 Å². The lowest BCUT2D eigenvalue weighted by atomic mass is 9.83. The minimum atomic E-state index is -0.918. The van der Waals surface area contributed by atoms with Gasteiger partial charge in [0, 0.05) is 24.0 Å². The third-order valence-corrected chi connectivity index (χ3v) is 6.17. The van der Waals surface area contributed by atoms with E-state index in [1.54, 1.807) is 27.0 Å². The van der Waals surface area contributed by atoms with Gasteiger partial charge in [-0.25, -0.2) is 0 Å². The molecule has 0 bridgehead atoms. The van der Waals surface area contributed by atoms with Crippen LogP contribution in [0.4, 0.5) is 5.69 Å². The lowest BCUT2D eigenvalue weighted by molar-refractivity contribution is -0.0508. The van der Waals surface area contributed by atoms with Crippen molar-refractivity contribution < 1.29 is 9.94 Å². The summed E-state index contributed by atoms with van der Waals surface area (Å²) in [6, 6.07) is 9.91. The Bertz CT molecular complexity index is 1050. The molecule has 0 aliphatic heterocycles. The van der Waals surface area contributed by atoms with Crippen molar-refractivity contribution in [2.45, 2.75) is 58.5 Å². The Hall–Kier alpha value is -3.09. The molecule has 3 rings (SSSR count). The van der Waals surface area contributed by atoms with Crippen LogP contribution in [0.3, 0.4) is 0 Å². The van der Waals surface area contributed by atoms with Crippen LogP contribution in [0.15, 0.2) is 93.8 Å². The first-order valence-electron chi connectivity index (χ1n) is 12.4. The van der Waals surface area contributed by atoms with Crippen LogP contribution in [0.2, 0.25) is 0 Å². The van der Waals surface area contributed by atoms with Gasteiger partial charge in [0.2, 0.25) is 0 Å². The van der Waals surface area contributed by atoms with Gasteiger partial charge in [-0.3, -0.25) is 15.3 Å². The summed E-state index contributed by atoms with van der Waals surface area (Å²) in [4.78, 5) is 10.1. The van der Waals surface area contributed by atoms with Crippen molar-refractivity contribution in [1.29, 1.82) is 0 Å². The molecule has 0 saturated heterocycles. The highest BCUT2D eigenvalue weighted by molar-refractivity contribution is 6.08.